The number of hydrogen-bond acceptors (Lipinski definition) is 21. The number of aromatic nitrogens is 21. The van der Waals surface area contributed by atoms with Crippen LogP contribution < -0.4 is 0 Å². The van der Waals surface area contributed by atoms with Crippen LogP contribution in [0.4, 0.5) is 0 Å². The summed E-state index contributed by atoms with van der Waals surface area (Å²) in [6, 6.07) is 17.2. The topological polar surface area (TPSA) is 271 Å². The first kappa shape index (κ1) is 84.5. The first-order valence-corrected chi connectivity index (χ1v) is 33.3. The minimum Gasteiger partial charge on any atom is -0.264 e. The molecule has 23 heteroatoms. The van der Waals surface area contributed by atoms with Gasteiger partial charge in [0.15, 0.2) is 0 Å². The van der Waals surface area contributed by atoms with E-state index in [2.05, 4.69) is 187 Å². The van der Waals surface area contributed by atoms with Gasteiger partial charge in [-0.1, -0.05) is 127 Å². The van der Waals surface area contributed by atoms with Gasteiger partial charge >= 0.3 is 0 Å². The largest absolute Gasteiger partial charge is 0.264 e. The Morgan fingerprint density at radius 3 is 1.18 bits per heavy atom. The van der Waals surface area contributed by atoms with Crippen LogP contribution in [0.25, 0.3) is 0 Å². The van der Waals surface area contributed by atoms with E-state index in [1.807, 2.05) is 100 Å². The number of hydrogen-bond donors (Lipinski definition) is 0. The lowest BCUT2D eigenvalue weighted by atomic mass is 10.1. The molecule has 11 rings (SSSR count). The number of nitrogens with zero attached hydrogens (tertiary/aromatic N) is 21. The molecule has 0 aliphatic rings. The molecule has 510 valence electrons. The summed E-state index contributed by atoms with van der Waals surface area (Å²) >= 11 is 11.2. The van der Waals surface area contributed by atoms with E-state index in [9.17, 15) is 0 Å². The Morgan fingerprint density at radius 2 is 0.823 bits per heavy atom. The second-order valence-electron chi connectivity index (χ2n) is 20.9. The van der Waals surface area contributed by atoms with Crippen molar-refractivity contribution in [3.63, 3.8) is 0 Å². The molecule has 0 aromatic carbocycles. The van der Waals surface area contributed by atoms with Gasteiger partial charge in [-0.15, -0.1) is 0 Å². The van der Waals surface area contributed by atoms with Crippen LogP contribution in [-0.4, -0.2) is 105 Å². The van der Waals surface area contributed by atoms with Crippen LogP contribution in [0.1, 0.15) is 196 Å². The van der Waals surface area contributed by atoms with Crippen LogP contribution in [0.3, 0.4) is 0 Å². The predicted molar refractivity (Wildman–Crippen MR) is 386 cm³/mol. The Bertz CT molecular complexity index is 3150. The van der Waals surface area contributed by atoms with Crippen molar-refractivity contribution in [2.45, 2.75) is 185 Å². The average molecular weight is 1340 g/mol. The molecule has 0 spiro atoms. The molecular formula is C73H99Cl2N21. The van der Waals surface area contributed by atoms with Crippen molar-refractivity contribution in [1.29, 1.82) is 0 Å². The molecule has 0 radical (unpaired) electrons. The maximum atomic E-state index is 5.67. The van der Waals surface area contributed by atoms with Crippen LogP contribution in [-0.2, 0) is 51.4 Å². The van der Waals surface area contributed by atoms with Gasteiger partial charge in [0.2, 0.25) is 5.28 Å². The maximum absolute atomic E-state index is 5.67. The zero-order chi connectivity index (χ0) is 70.5. The molecule has 0 unspecified atom stereocenters. The molecule has 0 amide bonds. The second-order valence-corrected chi connectivity index (χ2v) is 21.6. The van der Waals surface area contributed by atoms with Crippen molar-refractivity contribution in [1.82, 2.24) is 105 Å². The zero-order valence-electron chi connectivity index (χ0n) is 58.6. The molecule has 11 aromatic rings. The maximum Gasteiger partial charge on any atom is 0.222 e. The van der Waals surface area contributed by atoms with Gasteiger partial charge in [0.1, 0.15) is 60.6 Å². The minimum atomic E-state index is 0.328. The normalized spacial score (nSPS) is 9.57. The van der Waals surface area contributed by atoms with Crippen molar-refractivity contribution >= 4 is 23.2 Å². The van der Waals surface area contributed by atoms with Crippen LogP contribution in [0.5, 0.6) is 0 Å². The summed E-state index contributed by atoms with van der Waals surface area (Å²) < 4.78 is 0. The fourth-order valence-corrected chi connectivity index (χ4v) is 7.19. The van der Waals surface area contributed by atoms with Gasteiger partial charge in [-0.3, -0.25) is 4.98 Å². The monoisotopic (exact) mass is 1340 g/mol. The molecule has 21 nitrogen and oxygen atoms in total. The van der Waals surface area contributed by atoms with Gasteiger partial charge in [0.25, 0.3) is 0 Å². The highest BCUT2D eigenvalue weighted by atomic mass is 35.5. The Kier molecular flexibility index (Phi) is 51.2. The van der Waals surface area contributed by atoms with E-state index in [0.717, 1.165) is 110 Å². The van der Waals surface area contributed by atoms with Gasteiger partial charge in [-0.25, -0.2) is 99.7 Å². The summed E-state index contributed by atoms with van der Waals surface area (Å²) in [6.45, 7) is 29.3. The van der Waals surface area contributed by atoms with E-state index in [1.165, 1.54) is 29.4 Å². The molecule has 0 saturated heterocycles. The minimum absolute atomic E-state index is 0.328. The number of pyridine rings is 1. The number of halogens is 2. The molecule has 11 aromatic heterocycles. The van der Waals surface area contributed by atoms with Gasteiger partial charge in [0, 0.05) is 152 Å². The predicted octanol–water partition coefficient (Wildman–Crippen LogP) is 16.2. The fourth-order valence-electron chi connectivity index (χ4n) is 6.80. The molecule has 0 aliphatic heterocycles. The molecule has 0 bridgehead atoms. The van der Waals surface area contributed by atoms with Crippen LogP contribution in [0, 0.1) is 0 Å². The van der Waals surface area contributed by atoms with Crippen LogP contribution in [0.2, 0.25) is 10.4 Å². The lowest BCUT2D eigenvalue weighted by Gasteiger charge is -1.99. The summed E-state index contributed by atoms with van der Waals surface area (Å²) in [5.74, 6) is 4.25. The lowest BCUT2D eigenvalue weighted by molar-refractivity contribution is 0.774. The van der Waals surface area contributed by atoms with Gasteiger partial charge in [-0.2, -0.15) is 0 Å². The highest BCUT2D eigenvalue weighted by molar-refractivity contribution is 6.30. The van der Waals surface area contributed by atoms with E-state index >= 15 is 0 Å². The number of aryl methyl sites for hydroxylation is 8. The third-order valence-corrected chi connectivity index (χ3v) is 12.7. The Hall–Kier alpha value is -9.47. The van der Waals surface area contributed by atoms with Crippen molar-refractivity contribution in [3.8, 4) is 0 Å². The molecule has 96 heavy (non-hydrogen) atoms. The van der Waals surface area contributed by atoms with Crippen LogP contribution >= 0.6 is 23.2 Å². The van der Waals surface area contributed by atoms with Crippen molar-refractivity contribution < 1.29 is 0 Å². The van der Waals surface area contributed by atoms with Crippen LogP contribution in [0.15, 0.2) is 198 Å². The van der Waals surface area contributed by atoms with E-state index < -0.39 is 0 Å². The fraction of sp³-hybridized carbons (Fsp3) is 0.384. The number of rotatable bonds is 14. The molecule has 11 heterocycles. The average Bonchev–Trinajstić information content (AvgIpc) is 3.62. The zero-order valence-corrected chi connectivity index (χ0v) is 60.1. The first-order chi connectivity index (χ1) is 46.7. The van der Waals surface area contributed by atoms with Crippen molar-refractivity contribution in [3.05, 3.63) is 271 Å². The van der Waals surface area contributed by atoms with E-state index in [0.29, 0.717) is 28.2 Å². The lowest BCUT2D eigenvalue weighted by Crippen LogP contribution is -1.93. The summed E-state index contributed by atoms with van der Waals surface area (Å²) in [6.07, 6.45) is 51.0. The Morgan fingerprint density at radius 1 is 0.323 bits per heavy atom. The molecule has 0 aliphatic carbocycles. The van der Waals surface area contributed by atoms with Crippen molar-refractivity contribution in [2.75, 3.05) is 0 Å². The van der Waals surface area contributed by atoms with Gasteiger partial charge in [0.05, 0.1) is 0 Å². The SMILES string of the molecule is CC(C)c1ccncn1.CC(C)c1cncnc1.CC(C)c1ncccn1.CCCc1cccnc1.CCCc1ccncn1.CCCc1ncccn1.CCc1ccnc(Cl)n1.CCc1ccncn1.CCc1cncnc1.CCc1cncnc1Cl.CCc1ncccn1. The quantitative estimate of drug-likeness (QED) is 0.0723. The first-order valence-electron chi connectivity index (χ1n) is 32.5. The van der Waals surface area contributed by atoms with Crippen molar-refractivity contribution in [2.24, 2.45) is 0 Å². The summed E-state index contributed by atoms with van der Waals surface area (Å²) in [5.41, 5.74) is 9.02. The highest BCUT2D eigenvalue weighted by Gasteiger charge is 2.00. The summed E-state index contributed by atoms with van der Waals surface area (Å²) in [4.78, 5) is 82.5. The molecule has 0 N–H and O–H groups in total. The smallest absolute Gasteiger partial charge is 0.222 e. The molecule has 0 saturated carbocycles. The molecule has 0 atom stereocenters. The Balaban J connectivity index is 0.000000528. The third kappa shape index (κ3) is 45.0. The van der Waals surface area contributed by atoms with E-state index in [4.69, 9.17) is 23.2 Å². The molecular weight excluding hydrogens is 1240 g/mol. The standard InChI is InChI=1S/C8H11N.5C7H10N2.2C6H7ClN2.3C6H8N2/c1-2-4-8-5-3-6-9-7-8;1-6(2)7-3-8-5-9-4-7;1-6(2)7-3-4-8-5-9-7;1-6(2)7-8-4-3-5-9-7;1-2-4-7-8-5-3-6-9-7;1-2-3-7-4-5-8-6-9-7;1-2-5-3-8-4-9-6(5)7;1-2-5-3-4-8-6(7)9-5;1-2-6-3-7-5-8-4-6;1-2-6-3-4-7-5-8-6;1-2-6-7-4-3-5-8-6/h3,5-7H,2,4H2,1H3;3*3-6H,1-2H3;3,5-6H,2,4H2,1H3;4-6H,2-3H2,1H3;2*3-4H,2H2,1H3;3*3-5H,2H2,1H3. The van der Waals surface area contributed by atoms with Gasteiger partial charge < -0.3 is 0 Å². The summed E-state index contributed by atoms with van der Waals surface area (Å²) in [5, 5.41) is 0.891. The highest BCUT2D eigenvalue weighted by Crippen LogP contribution is 2.11. The third-order valence-electron chi connectivity index (χ3n) is 12.2. The summed E-state index contributed by atoms with van der Waals surface area (Å²) in [7, 11) is 0. The van der Waals surface area contributed by atoms with Gasteiger partial charge in [-0.05, 0) is 134 Å². The van der Waals surface area contributed by atoms with E-state index in [1.54, 1.807) is 106 Å². The molecule has 0 fully saturated rings. The van der Waals surface area contributed by atoms with E-state index in [-0.39, 0.29) is 0 Å². The second kappa shape index (κ2) is 58.1. The Labute approximate surface area is 580 Å².